The highest BCUT2D eigenvalue weighted by molar-refractivity contribution is 7.91. The molecule has 2 N–H and O–H groups in total. The lowest BCUT2D eigenvalue weighted by molar-refractivity contribution is 0.597. The molecule has 2 rings (SSSR count). The number of nitrogens with zero attached hydrogens (tertiary/aromatic N) is 2. The second kappa shape index (κ2) is 6.02. The monoisotopic (exact) mass is 313 g/mol. The van der Waals surface area contributed by atoms with Gasteiger partial charge in [-0.1, -0.05) is 19.8 Å². The van der Waals surface area contributed by atoms with Gasteiger partial charge in [0.2, 0.25) is 0 Å². The smallest absolute Gasteiger partial charge is 0.183 e. The molecule has 5 nitrogen and oxygen atoms in total. The van der Waals surface area contributed by atoms with Crippen LogP contribution < -0.4 is 10.6 Å². The Kier molecular flexibility index (Phi) is 4.55. The van der Waals surface area contributed by atoms with Crippen molar-refractivity contribution in [1.29, 1.82) is 5.26 Å². The molecule has 0 unspecified atom stereocenters. The Balaban J connectivity index is 2.54. The maximum atomic E-state index is 12.3. The molecule has 0 spiro atoms. The van der Waals surface area contributed by atoms with Crippen molar-refractivity contribution < 1.29 is 8.42 Å². The highest BCUT2D eigenvalue weighted by Crippen LogP contribution is 2.42. The molecular formula is C13H19N3O2S2. The first-order valence-electron chi connectivity index (χ1n) is 6.81. The Hall–Kier alpha value is -1.26. The molecule has 0 radical (unpaired) electrons. The molecule has 7 heteroatoms. The molecular weight excluding hydrogens is 294 g/mol. The lowest BCUT2D eigenvalue weighted by atomic mass is 10.2. The van der Waals surface area contributed by atoms with E-state index in [-0.39, 0.29) is 16.3 Å². The zero-order valence-corrected chi connectivity index (χ0v) is 13.2. The van der Waals surface area contributed by atoms with Gasteiger partial charge in [-0.3, -0.25) is 0 Å². The number of hydrogen-bond donors (Lipinski definition) is 1. The van der Waals surface area contributed by atoms with Gasteiger partial charge >= 0.3 is 0 Å². The Labute approximate surface area is 123 Å². The van der Waals surface area contributed by atoms with E-state index in [4.69, 9.17) is 11.0 Å². The first-order valence-corrected chi connectivity index (χ1v) is 9.28. The average Bonchev–Trinajstić information content (AvgIpc) is 2.63. The van der Waals surface area contributed by atoms with E-state index in [1.165, 1.54) is 24.2 Å². The summed E-state index contributed by atoms with van der Waals surface area (Å²) in [6.07, 6.45) is 4.42. The molecule has 110 valence electrons. The average molecular weight is 313 g/mol. The summed E-state index contributed by atoms with van der Waals surface area (Å²) in [5, 5.41) is 9.77. The lowest BCUT2D eigenvalue weighted by Crippen LogP contribution is -2.25. The van der Waals surface area contributed by atoms with Crippen LogP contribution in [0, 0.1) is 11.3 Å². The molecule has 1 aromatic heterocycles. The van der Waals surface area contributed by atoms with Gasteiger partial charge < -0.3 is 10.6 Å². The fraction of sp³-hybridized carbons (Fsp3) is 0.615. The van der Waals surface area contributed by atoms with E-state index in [0.717, 1.165) is 25.9 Å². The number of nitrogen functional groups attached to an aromatic ring is 1. The molecule has 1 aromatic rings. The molecule has 2 heterocycles. The van der Waals surface area contributed by atoms with Crippen molar-refractivity contribution >= 4 is 31.9 Å². The molecule has 1 saturated heterocycles. The van der Waals surface area contributed by atoms with Crippen molar-refractivity contribution in [3.63, 3.8) is 0 Å². The van der Waals surface area contributed by atoms with Crippen LogP contribution in [0.4, 0.5) is 10.7 Å². The van der Waals surface area contributed by atoms with Crippen molar-refractivity contribution in [2.24, 2.45) is 0 Å². The minimum absolute atomic E-state index is 0.000355. The second-order valence-electron chi connectivity index (χ2n) is 4.90. The van der Waals surface area contributed by atoms with Crippen molar-refractivity contribution in [3.8, 4) is 6.07 Å². The second-order valence-corrected chi connectivity index (χ2v) is 8.11. The van der Waals surface area contributed by atoms with Crippen LogP contribution in [-0.4, -0.2) is 27.3 Å². The SMILES string of the molecule is CCS(=O)(=O)c1c(N2CCCCCC2)sc(C#N)c1N. The first kappa shape index (κ1) is 15.1. The van der Waals surface area contributed by atoms with Crippen LogP contribution >= 0.6 is 11.3 Å². The number of hydrogen-bond acceptors (Lipinski definition) is 6. The molecule has 0 atom stereocenters. The third-order valence-corrected chi connectivity index (χ3v) is 6.66. The zero-order valence-electron chi connectivity index (χ0n) is 11.6. The minimum Gasteiger partial charge on any atom is -0.396 e. The van der Waals surface area contributed by atoms with E-state index >= 15 is 0 Å². The van der Waals surface area contributed by atoms with Gasteiger partial charge in [0, 0.05) is 13.1 Å². The van der Waals surface area contributed by atoms with Crippen LogP contribution in [0.5, 0.6) is 0 Å². The predicted octanol–water partition coefficient (Wildman–Crippen LogP) is 2.38. The molecule has 1 aliphatic heterocycles. The van der Waals surface area contributed by atoms with Gasteiger partial charge in [0.15, 0.2) is 9.84 Å². The Bertz CT molecular complexity index is 621. The quantitative estimate of drug-likeness (QED) is 0.925. The van der Waals surface area contributed by atoms with E-state index in [1.54, 1.807) is 6.92 Å². The Morgan fingerprint density at radius 1 is 1.30 bits per heavy atom. The van der Waals surface area contributed by atoms with E-state index in [0.29, 0.717) is 9.88 Å². The van der Waals surface area contributed by atoms with Crippen LogP contribution in [0.25, 0.3) is 0 Å². The molecule has 0 saturated carbocycles. The summed E-state index contributed by atoms with van der Waals surface area (Å²) in [4.78, 5) is 2.55. The maximum Gasteiger partial charge on any atom is 0.183 e. The molecule has 1 fully saturated rings. The third kappa shape index (κ3) is 2.76. The zero-order chi connectivity index (χ0) is 14.8. The largest absolute Gasteiger partial charge is 0.396 e. The normalized spacial score (nSPS) is 16.7. The van der Waals surface area contributed by atoms with Gasteiger partial charge in [-0.2, -0.15) is 5.26 Å². The molecule has 0 amide bonds. The summed E-state index contributed by atoms with van der Waals surface area (Å²) < 4.78 is 24.6. The van der Waals surface area contributed by atoms with Crippen LogP contribution in [0.2, 0.25) is 0 Å². The van der Waals surface area contributed by atoms with Crippen LogP contribution in [-0.2, 0) is 9.84 Å². The fourth-order valence-electron chi connectivity index (χ4n) is 2.43. The topological polar surface area (TPSA) is 87.2 Å². The summed E-state index contributed by atoms with van der Waals surface area (Å²) >= 11 is 1.20. The Morgan fingerprint density at radius 3 is 2.40 bits per heavy atom. The van der Waals surface area contributed by atoms with Gasteiger partial charge in [0.1, 0.15) is 20.8 Å². The van der Waals surface area contributed by atoms with Crippen molar-refractivity contribution in [1.82, 2.24) is 0 Å². The predicted molar refractivity (Wildman–Crippen MR) is 81.9 cm³/mol. The summed E-state index contributed by atoms with van der Waals surface area (Å²) in [5.41, 5.74) is 6.03. The van der Waals surface area contributed by atoms with E-state index in [9.17, 15) is 8.42 Å². The Morgan fingerprint density at radius 2 is 1.90 bits per heavy atom. The molecule has 0 bridgehead atoms. The van der Waals surface area contributed by atoms with Gasteiger partial charge in [-0.05, 0) is 12.8 Å². The molecule has 1 aliphatic rings. The number of nitriles is 1. The highest BCUT2D eigenvalue weighted by Gasteiger charge is 2.29. The number of sulfone groups is 1. The van der Waals surface area contributed by atoms with Crippen molar-refractivity contribution in [3.05, 3.63) is 4.88 Å². The van der Waals surface area contributed by atoms with Gasteiger partial charge in [0.05, 0.1) is 11.4 Å². The first-order chi connectivity index (χ1) is 9.51. The van der Waals surface area contributed by atoms with Crippen molar-refractivity contribution in [2.75, 3.05) is 29.5 Å². The maximum absolute atomic E-state index is 12.3. The minimum atomic E-state index is -3.42. The fourth-order valence-corrected chi connectivity index (χ4v) is 5.08. The summed E-state index contributed by atoms with van der Waals surface area (Å²) in [6.45, 7) is 3.26. The van der Waals surface area contributed by atoms with Gasteiger partial charge in [0.25, 0.3) is 0 Å². The number of anilines is 2. The molecule has 0 aromatic carbocycles. The van der Waals surface area contributed by atoms with Crippen LogP contribution in [0.3, 0.4) is 0 Å². The van der Waals surface area contributed by atoms with Crippen LogP contribution in [0.1, 0.15) is 37.5 Å². The van der Waals surface area contributed by atoms with E-state index in [1.807, 2.05) is 6.07 Å². The summed E-state index contributed by atoms with van der Waals surface area (Å²) in [5.74, 6) is -0.000355. The van der Waals surface area contributed by atoms with Crippen molar-refractivity contribution in [2.45, 2.75) is 37.5 Å². The number of rotatable bonds is 3. The number of thiophene rings is 1. The molecule has 0 aliphatic carbocycles. The standard InChI is InChI=1S/C13H19N3O2S2/c1-2-20(17,18)12-11(15)10(9-14)19-13(12)16-7-5-3-4-6-8-16/h2-8,15H2,1H3. The summed E-state index contributed by atoms with van der Waals surface area (Å²) in [7, 11) is -3.42. The number of nitrogens with two attached hydrogens (primary N) is 1. The van der Waals surface area contributed by atoms with Crippen LogP contribution in [0.15, 0.2) is 4.90 Å². The van der Waals surface area contributed by atoms with E-state index < -0.39 is 9.84 Å². The summed E-state index contributed by atoms with van der Waals surface area (Å²) in [6, 6.07) is 2.01. The highest BCUT2D eigenvalue weighted by atomic mass is 32.2. The van der Waals surface area contributed by atoms with Gasteiger partial charge in [-0.15, -0.1) is 11.3 Å². The lowest BCUT2D eigenvalue weighted by Gasteiger charge is -2.22. The molecule has 20 heavy (non-hydrogen) atoms. The van der Waals surface area contributed by atoms with Gasteiger partial charge in [-0.25, -0.2) is 8.42 Å². The van der Waals surface area contributed by atoms with E-state index in [2.05, 4.69) is 4.90 Å². The third-order valence-electron chi connectivity index (χ3n) is 3.57.